The number of nitrogens with one attached hydrogen (secondary N) is 1. The highest BCUT2D eigenvalue weighted by Crippen LogP contribution is 2.13. The molecule has 0 bridgehead atoms. The van der Waals surface area contributed by atoms with E-state index in [9.17, 15) is 14.0 Å². The molecule has 0 radical (unpaired) electrons. The molecule has 1 N–H and O–H groups in total. The molecule has 1 fully saturated rings. The lowest BCUT2D eigenvalue weighted by molar-refractivity contribution is -0.122. The van der Waals surface area contributed by atoms with Crippen LogP contribution < -0.4 is 5.32 Å². The number of hydrogen-bond acceptors (Lipinski definition) is 2. The molecule has 0 saturated carbocycles. The Bertz CT molecular complexity index is 494. The van der Waals surface area contributed by atoms with Crippen LogP contribution in [-0.2, 0) is 4.79 Å². The summed E-state index contributed by atoms with van der Waals surface area (Å²) >= 11 is 0. The number of rotatable bonds is 2. The summed E-state index contributed by atoms with van der Waals surface area (Å²) in [6.07, 6.45) is 1.52. The van der Waals surface area contributed by atoms with Gasteiger partial charge in [-0.1, -0.05) is 12.1 Å². The summed E-state index contributed by atoms with van der Waals surface area (Å²) in [5.41, 5.74) is 0.872. The van der Waals surface area contributed by atoms with Crippen LogP contribution in [-0.4, -0.2) is 23.4 Å². The van der Waals surface area contributed by atoms with Crippen LogP contribution in [0.4, 0.5) is 9.18 Å². The quantitative estimate of drug-likeness (QED) is 0.626. The Hall–Kier alpha value is -2.17. The predicted molar refractivity (Wildman–Crippen MR) is 60.3 cm³/mol. The van der Waals surface area contributed by atoms with Crippen molar-refractivity contribution in [2.75, 3.05) is 6.54 Å². The van der Waals surface area contributed by atoms with Crippen LogP contribution in [0.1, 0.15) is 12.5 Å². The van der Waals surface area contributed by atoms with Crippen LogP contribution in [0.25, 0.3) is 6.08 Å². The minimum absolute atomic E-state index is 0.212. The van der Waals surface area contributed by atoms with Crippen molar-refractivity contribution in [3.63, 3.8) is 0 Å². The second kappa shape index (κ2) is 4.37. The molecule has 4 nitrogen and oxygen atoms in total. The lowest BCUT2D eigenvalue weighted by Crippen LogP contribution is -2.30. The van der Waals surface area contributed by atoms with Crippen LogP contribution in [0.15, 0.2) is 30.0 Å². The highest BCUT2D eigenvalue weighted by molar-refractivity contribution is 6.13. The van der Waals surface area contributed by atoms with Crippen molar-refractivity contribution in [3.8, 4) is 0 Å². The molecule has 1 aromatic rings. The van der Waals surface area contributed by atoms with Crippen LogP contribution in [0.5, 0.6) is 0 Å². The van der Waals surface area contributed by atoms with Crippen LogP contribution >= 0.6 is 0 Å². The van der Waals surface area contributed by atoms with Gasteiger partial charge in [0.2, 0.25) is 0 Å². The SMILES string of the molecule is CCN1C(=O)N/C(=C/c2ccc(F)cc2)C1=O. The largest absolute Gasteiger partial charge is 0.328 e. The van der Waals surface area contributed by atoms with Gasteiger partial charge in [0.05, 0.1) is 0 Å². The zero-order chi connectivity index (χ0) is 12.4. The molecule has 0 atom stereocenters. The molecule has 88 valence electrons. The Labute approximate surface area is 97.7 Å². The van der Waals surface area contributed by atoms with E-state index in [-0.39, 0.29) is 17.4 Å². The molecule has 3 amide bonds. The Balaban J connectivity index is 2.27. The second-order valence-corrected chi connectivity index (χ2v) is 3.59. The van der Waals surface area contributed by atoms with Crippen molar-refractivity contribution in [3.05, 3.63) is 41.3 Å². The van der Waals surface area contributed by atoms with Gasteiger partial charge >= 0.3 is 6.03 Å². The molecule has 1 aromatic carbocycles. The lowest BCUT2D eigenvalue weighted by Gasteiger charge is -2.05. The number of benzene rings is 1. The number of likely N-dealkylation sites (N-methyl/N-ethyl adjacent to an activating group) is 1. The Kier molecular flexibility index (Phi) is 2.91. The molecule has 0 spiro atoms. The zero-order valence-electron chi connectivity index (χ0n) is 9.24. The summed E-state index contributed by atoms with van der Waals surface area (Å²) in [5, 5.41) is 2.47. The van der Waals surface area contributed by atoms with Gasteiger partial charge in [0.25, 0.3) is 5.91 Å². The van der Waals surface area contributed by atoms with Crippen LogP contribution in [0.2, 0.25) is 0 Å². The fraction of sp³-hybridized carbons (Fsp3) is 0.167. The van der Waals surface area contributed by atoms with Gasteiger partial charge in [-0.05, 0) is 30.7 Å². The van der Waals surface area contributed by atoms with E-state index in [1.165, 1.54) is 30.3 Å². The first-order valence-electron chi connectivity index (χ1n) is 5.22. The van der Waals surface area contributed by atoms with E-state index in [1.807, 2.05) is 0 Å². The Morgan fingerprint density at radius 3 is 2.47 bits per heavy atom. The van der Waals surface area contributed by atoms with Gasteiger partial charge in [-0.2, -0.15) is 0 Å². The Morgan fingerprint density at radius 2 is 1.94 bits per heavy atom. The number of imide groups is 1. The molecular formula is C12H11FN2O2. The first kappa shape index (κ1) is 11.3. The average Bonchev–Trinajstić information content (AvgIpc) is 2.57. The summed E-state index contributed by atoms with van der Waals surface area (Å²) in [6, 6.07) is 5.24. The van der Waals surface area contributed by atoms with Gasteiger partial charge in [-0.25, -0.2) is 9.18 Å². The lowest BCUT2D eigenvalue weighted by atomic mass is 10.2. The van der Waals surface area contributed by atoms with E-state index in [2.05, 4.69) is 5.32 Å². The normalized spacial score (nSPS) is 17.8. The third-order valence-electron chi connectivity index (χ3n) is 2.46. The Morgan fingerprint density at radius 1 is 1.29 bits per heavy atom. The number of carbonyl (C=O) groups is 2. The maximum Gasteiger partial charge on any atom is 0.328 e. The van der Waals surface area contributed by atoms with Gasteiger partial charge in [0, 0.05) is 6.54 Å². The number of hydrogen-bond donors (Lipinski definition) is 1. The minimum atomic E-state index is -0.425. The summed E-state index contributed by atoms with van der Waals surface area (Å²) in [6.45, 7) is 2.05. The molecule has 1 aliphatic heterocycles. The van der Waals surface area contributed by atoms with Gasteiger partial charge in [-0.15, -0.1) is 0 Å². The molecule has 0 aliphatic carbocycles. The number of halogens is 1. The zero-order valence-corrected chi connectivity index (χ0v) is 9.24. The molecule has 17 heavy (non-hydrogen) atoms. The first-order chi connectivity index (χ1) is 8.11. The smallest absolute Gasteiger partial charge is 0.303 e. The number of carbonyl (C=O) groups excluding carboxylic acids is 2. The van der Waals surface area contributed by atoms with Crippen molar-refractivity contribution in [2.24, 2.45) is 0 Å². The standard InChI is InChI=1S/C12H11FN2O2/c1-2-15-11(16)10(14-12(15)17)7-8-3-5-9(13)6-4-8/h3-7H,2H2,1H3,(H,14,17)/b10-7+. The molecule has 1 saturated heterocycles. The molecule has 5 heteroatoms. The third-order valence-corrected chi connectivity index (χ3v) is 2.46. The monoisotopic (exact) mass is 234 g/mol. The van der Waals surface area contributed by atoms with Gasteiger partial charge in [0.15, 0.2) is 0 Å². The van der Waals surface area contributed by atoms with E-state index >= 15 is 0 Å². The second-order valence-electron chi connectivity index (χ2n) is 3.59. The molecule has 0 aromatic heterocycles. The van der Waals surface area contributed by atoms with Crippen molar-refractivity contribution < 1.29 is 14.0 Å². The van der Waals surface area contributed by atoms with Crippen molar-refractivity contribution >= 4 is 18.0 Å². The summed E-state index contributed by atoms with van der Waals surface area (Å²) in [5.74, 6) is -0.703. The maximum absolute atomic E-state index is 12.7. The molecule has 1 aliphatic rings. The summed E-state index contributed by atoms with van der Waals surface area (Å²) in [4.78, 5) is 24.2. The number of amides is 3. The average molecular weight is 234 g/mol. The van der Waals surface area contributed by atoms with Crippen molar-refractivity contribution in [1.82, 2.24) is 10.2 Å². The molecule has 2 rings (SSSR count). The molecule has 1 heterocycles. The minimum Gasteiger partial charge on any atom is -0.303 e. The van der Waals surface area contributed by atoms with E-state index in [4.69, 9.17) is 0 Å². The first-order valence-corrected chi connectivity index (χ1v) is 5.22. The fourth-order valence-electron chi connectivity index (χ4n) is 1.58. The van der Waals surface area contributed by atoms with Gasteiger partial charge < -0.3 is 5.32 Å². The number of urea groups is 1. The van der Waals surface area contributed by atoms with Gasteiger partial charge in [0.1, 0.15) is 11.5 Å². The predicted octanol–water partition coefficient (Wildman–Crippen LogP) is 1.74. The highest BCUT2D eigenvalue weighted by atomic mass is 19.1. The van der Waals surface area contributed by atoms with Crippen molar-refractivity contribution in [1.29, 1.82) is 0 Å². The summed E-state index contributed by atoms with van der Waals surface area (Å²) in [7, 11) is 0. The topological polar surface area (TPSA) is 49.4 Å². The van der Waals surface area contributed by atoms with E-state index < -0.39 is 6.03 Å². The fourth-order valence-corrected chi connectivity index (χ4v) is 1.58. The number of nitrogens with zero attached hydrogens (tertiary/aromatic N) is 1. The van der Waals surface area contributed by atoms with E-state index in [1.54, 1.807) is 6.92 Å². The molecule has 0 unspecified atom stereocenters. The summed E-state index contributed by atoms with van der Waals surface area (Å²) < 4.78 is 12.7. The van der Waals surface area contributed by atoms with Crippen LogP contribution in [0.3, 0.4) is 0 Å². The van der Waals surface area contributed by atoms with E-state index in [0.29, 0.717) is 12.1 Å². The van der Waals surface area contributed by atoms with Crippen molar-refractivity contribution in [2.45, 2.75) is 6.92 Å². The van der Waals surface area contributed by atoms with Crippen LogP contribution in [0, 0.1) is 5.82 Å². The van der Waals surface area contributed by atoms with E-state index in [0.717, 1.165) is 4.90 Å². The third kappa shape index (κ3) is 2.18. The molecular weight excluding hydrogens is 223 g/mol. The highest BCUT2D eigenvalue weighted by Gasteiger charge is 2.31. The van der Waals surface area contributed by atoms with Gasteiger partial charge in [-0.3, -0.25) is 9.69 Å². The maximum atomic E-state index is 12.7.